The molecule has 0 bridgehead atoms. The van der Waals surface area contributed by atoms with Crippen LogP contribution in [-0.2, 0) is 11.2 Å². The number of benzene rings is 2. The Kier molecular flexibility index (Phi) is 7.74. The summed E-state index contributed by atoms with van der Waals surface area (Å²) in [4.78, 5) is 24.2. The van der Waals surface area contributed by atoms with Crippen LogP contribution >= 0.6 is 0 Å². The third-order valence-electron chi connectivity index (χ3n) is 3.92. The van der Waals surface area contributed by atoms with Crippen molar-refractivity contribution in [2.75, 3.05) is 11.9 Å². The van der Waals surface area contributed by atoms with Crippen LogP contribution in [0.5, 0.6) is 0 Å². The van der Waals surface area contributed by atoms with Crippen molar-refractivity contribution >= 4 is 17.5 Å². The first-order valence-electron chi connectivity index (χ1n) is 8.72. The van der Waals surface area contributed by atoms with Gasteiger partial charge in [0.25, 0.3) is 5.91 Å². The highest BCUT2D eigenvalue weighted by molar-refractivity contribution is 6.04. The molecular formula is C23H21FN2O2. The van der Waals surface area contributed by atoms with Crippen LogP contribution in [0.25, 0.3) is 0 Å². The van der Waals surface area contributed by atoms with Gasteiger partial charge in [-0.15, -0.1) is 6.42 Å². The molecule has 0 saturated carbocycles. The van der Waals surface area contributed by atoms with Crippen LogP contribution in [0.1, 0.15) is 22.8 Å². The van der Waals surface area contributed by atoms with Crippen LogP contribution in [0.2, 0.25) is 0 Å². The predicted octanol–water partition coefficient (Wildman–Crippen LogP) is 3.87. The summed E-state index contributed by atoms with van der Waals surface area (Å²) in [5.41, 5.74) is 2.53. The molecule has 4 nitrogen and oxygen atoms in total. The highest BCUT2D eigenvalue weighted by atomic mass is 19.1. The largest absolute Gasteiger partial charge is 0.352 e. The second kappa shape index (κ2) is 10.5. The highest BCUT2D eigenvalue weighted by Gasteiger charge is 2.08. The fourth-order valence-corrected chi connectivity index (χ4v) is 2.40. The number of halogens is 1. The van der Waals surface area contributed by atoms with Gasteiger partial charge in [0.15, 0.2) is 0 Å². The number of anilines is 1. The quantitative estimate of drug-likeness (QED) is 0.569. The maximum atomic E-state index is 13.2. The molecule has 0 aliphatic rings. The molecule has 2 amide bonds. The number of amides is 2. The van der Waals surface area contributed by atoms with E-state index in [1.165, 1.54) is 24.3 Å². The number of rotatable bonds is 7. The standard InChI is InChI=1S/C23H21FN2O2/c1-3-5-7-17(4-2)16-25-22(27)14-18-10-12-21(13-11-18)26-23(28)19-8-6-9-20(24)15-19/h1,4-13,15H,14,16H2,2H3,(H,25,27)(H,26,28)/b7-5-,17-4+. The molecule has 2 aromatic rings. The predicted molar refractivity (Wildman–Crippen MR) is 109 cm³/mol. The second-order valence-electron chi connectivity index (χ2n) is 5.98. The molecule has 142 valence electrons. The lowest BCUT2D eigenvalue weighted by atomic mass is 10.1. The van der Waals surface area contributed by atoms with Crippen LogP contribution in [0.3, 0.4) is 0 Å². The van der Waals surface area contributed by atoms with E-state index in [0.29, 0.717) is 12.2 Å². The third kappa shape index (κ3) is 6.58. The number of carbonyl (C=O) groups is 2. The summed E-state index contributed by atoms with van der Waals surface area (Å²) in [6.07, 6.45) is 10.6. The monoisotopic (exact) mass is 376 g/mol. The summed E-state index contributed by atoms with van der Waals surface area (Å²) in [6, 6.07) is 12.4. The molecule has 0 fully saturated rings. The van der Waals surface area contributed by atoms with Gasteiger partial charge in [-0.25, -0.2) is 4.39 Å². The van der Waals surface area contributed by atoms with E-state index in [-0.39, 0.29) is 17.9 Å². The summed E-state index contributed by atoms with van der Waals surface area (Å²) >= 11 is 0. The van der Waals surface area contributed by atoms with Gasteiger partial charge < -0.3 is 10.6 Å². The molecule has 2 aromatic carbocycles. The minimum Gasteiger partial charge on any atom is -0.352 e. The van der Waals surface area contributed by atoms with E-state index in [0.717, 1.165) is 11.1 Å². The molecule has 0 spiro atoms. The molecular weight excluding hydrogens is 355 g/mol. The molecule has 0 aliphatic heterocycles. The zero-order valence-corrected chi connectivity index (χ0v) is 15.5. The van der Waals surface area contributed by atoms with Crippen molar-refractivity contribution < 1.29 is 14.0 Å². The van der Waals surface area contributed by atoms with E-state index in [4.69, 9.17) is 6.42 Å². The lowest BCUT2D eigenvalue weighted by Crippen LogP contribution is -2.26. The number of hydrogen-bond donors (Lipinski definition) is 2. The maximum Gasteiger partial charge on any atom is 0.255 e. The molecule has 0 heterocycles. The van der Waals surface area contributed by atoms with E-state index < -0.39 is 11.7 Å². The summed E-state index contributed by atoms with van der Waals surface area (Å²) in [6.45, 7) is 2.27. The molecule has 0 atom stereocenters. The van der Waals surface area contributed by atoms with Crippen molar-refractivity contribution in [1.29, 1.82) is 0 Å². The van der Waals surface area contributed by atoms with E-state index in [9.17, 15) is 14.0 Å². The Morgan fingerprint density at radius 2 is 1.93 bits per heavy atom. The van der Waals surface area contributed by atoms with Crippen molar-refractivity contribution in [2.24, 2.45) is 0 Å². The Morgan fingerprint density at radius 3 is 2.57 bits per heavy atom. The first-order chi connectivity index (χ1) is 13.5. The van der Waals surface area contributed by atoms with E-state index in [1.54, 1.807) is 36.4 Å². The van der Waals surface area contributed by atoms with Crippen molar-refractivity contribution in [1.82, 2.24) is 5.32 Å². The average Bonchev–Trinajstić information content (AvgIpc) is 2.69. The fourth-order valence-electron chi connectivity index (χ4n) is 2.40. The van der Waals surface area contributed by atoms with Gasteiger partial charge in [-0.2, -0.15) is 0 Å². The topological polar surface area (TPSA) is 58.2 Å². The Bertz CT molecular complexity index is 938. The van der Waals surface area contributed by atoms with Gasteiger partial charge in [0, 0.05) is 17.8 Å². The van der Waals surface area contributed by atoms with Gasteiger partial charge >= 0.3 is 0 Å². The van der Waals surface area contributed by atoms with Crippen LogP contribution in [-0.4, -0.2) is 18.4 Å². The highest BCUT2D eigenvalue weighted by Crippen LogP contribution is 2.13. The van der Waals surface area contributed by atoms with Gasteiger partial charge in [-0.3, -0.25) is 9.59 Å². The molecule has 2 rings (SSSR count). The van der Waals surface area contributed by atoms with Crippen molar-refractivity contribution in [3.05, 3.63) is 89.3 Å². The molecule has 0 aliphatic carbocycles. The number of nitrogens with one attached hydrogen (secondary N) is 2. The molecule has 0 aromatic heterocycles. The van der Waals surface area contributed by atoms with Gasteiger partial charge in [0.1, 0.15) is 5.82 Å². The Hall–Kier alpha value is -3.65. The molecule has 0 saturated heterocycles. The zero-order valence-electron chi connectivity index (χ0n) is 15.5. The number of carbonyl (C=O) groups excluding carboxylic acids is 2. The van der Waals surface area contributed by atoms with Crippen LogP contribution in [0.15, 0.2) is 72.3 Å². The van der Waals surface area contributed by atoms with Gasteiger partial charge in [-0.1, -0.05) is 30.2 Å². The smallest absolute Gasteiger partial charge is 0.255 e. The summed E-state index contributed by atoms with van der Waals surface area (Å²) in [5, 5.41) is 5.53. The fraction of sp³-hybridized carbons (Fsp3) is 0.130. The van der Waals surface area contributed by atoms with E-state index in [1.807, 2.05) is 13.0 Å². The summed E-state index contributed by atoms with van der Waals surface area (Å²) in [7, 11) is 0. The first-order valence-corrected chi connectivity index (χ1v) is 8.72. The summed E-state index contributed by atoms with van der Waals surface area (Å²) in [5.74, 6) is 1.42. The molecule has 28 heavy (non-hydrogen) atoms. The third-order valence-corrected chi connectivity index (χ3v) is 3.92. The minimum atomic E-state index is -0.468. The normalized spacial score (nSPS) is 11.1. The van der Waals surface area contributed by atoms with Crippen LogP contribution in [0, 0.1) is 18.2 Å². The van der Waals surface area contributed by atoms with Gasteiger partial charge in [0.2, 0.25) is 5.91 Å². The second-order valence-corrected chi connectivity index (χ2v) is 5.98. The first kappa shape index (κ1) is 20.7. The summed E-state index contributed by atoms with van der Waals surface area (Å²) < 4.78 is 13.2. The Balaban J connectivity index is 1.88. The average molecular weight is 376 g/mol. The van der Waals surface area contributed by atoms with Crippen molar-refractivity contribution in [3.63, 3.8) is 0 Å². The Morgan fingerprint density at radius 1 is 1.18 bits per heavy atom. The molecule has 5 heteroatoms. The SMILES string of the molecule is C#C/C=C\C(=C/C)CNC(=O)Cc1ccc(NC(=O)c2cccc(F)c2)cc1. The number of hydrogen-bond acceptors (Lipinski definition) is 2. The van der Waals surface area contributed by atoms with E-state index >= 15 is 0 Å². The molecule has 0 radical (unpaired) electrons. The van der Waals surface area contributed by atoms with Crippen molar-refractivity contribution in [3.8, 4) is 12.3 Å². The minimum absolute atomic E-state index is 0.120. The molecule has 0 unspecified atom stereocenters. The maximum absolute atomic E-state index is 13.2. The lowest BCUT2D eigenvalue weighted by Gasteiger charge is -2.08. The van der Waals surface area contributed by atoms with Gasteiger partial charge in [0.05, 0.1) is 6.42 Å². The van der Waals surface area contributed by atoms with E-state index in [2.05, 4.69) is 16.6 Å². The number of allylic oxidation sites excluding steroid dienone is 2. The molecule has 2 N–H and O–H groups in total. The lowest BCUT2D eigenvalue weighted by molar-refractivity contribution is -0.120. The number of terminal acetylenes is 1. The van der Waals surface area contributed by atoms with Gasteiger partial charge in [-0.05, 0) is 60.5 Å². The van der Waals surface area contributed by atoms with Crippen LogP contribution in [0.4, 0.5) is 10.1 Å². The van der Waals surface area contributed by atoms with Crippen LogP contribution < -0.4 is 10.6 Å². The Labute approximate surface area is 164 Å². The van der Waals surface area contributed by atoms with Crippen molar-refractivity contribution in [2.45, 2.75) is 13.3 Å². The zero-order chi connectivity index (χ0) is 20.4.